The van der Waals surface area contributed by atoms with Crippen LogP contribution in [0.3, 0.4) is 0 Å². The van der Waals surface area contributed by atoms with Crippen LogP contribution in [0.2, 0.25) is 0 Å². The van der Waals surface area contributed by atoms with E-state index in [4.69, 9.17) is 0 Å². The topological polar surface area (TPSA) is 54.0 Å². The number of amides is 1. The monoisotopic (exact) mass is 293 g/mol. The van der Waals surface area contributed by atoms with Gasteiger partial charge < -0.3 is 10.6 Å². The second-order valence-electron chi connectivity index (χ2n) is 4.43. The second-order valence-corrected chi connectivity index (χ2v) is 5.78. The Morgan fingerprint density at radius 1 is 1.40 bits per heavy atom. The number of carbonyl (C=O) groups is 1. The van der Waals surface area contributed by atoms with E-state index in [1.54, 1.807) is 18.4 Å². The average molecular weight is 293 g/mol. The van der Waals surface area contributed by atoms with E-state index in [-0.39, 0.29) is 11.5 Å². The van der Waals surface area contributed by atoms with Crippen LogP contribution in [0.15, 0.2) is 18.3 Å². The molecule has 2 heterocycles. The molecule has 0 saturated carbocycles. The molecule has 0 unspecified atom stereocenters. The van der Waals surface area contributed by atoms with Gasteiger partial charge in [0.25, 0.3) is 5.91 Å². The molecule has 6 heteroatoms. The summed E-state index contributed by atoms with van der Waals surface area (Å²) < 4.78 is 13.2. The zero-order valence-electron chi connectivity index (χ0n) is 11.6. The van der Waals surface area contributed by atoms with Crippen molar-refractivity contribution in [2.75, 3.05) is 12.4 Å². The van der Waals surface area contributed by atoms with Crippen LogP contribution in [-0.2, 0) is 6.54 Å². The lowest BCUT2D eigenvalue weighted by Gasteiger charge is -2.08. The summed E-state index contributed by atoms with van der Waals surface area (Å²) in [6, 6.07) is 3.22. The molecule has 0 bridgehead atoms. The van der Waals surface area contributed by atoms with Gasteiger partial charge in [-0.05, 0) is 31.5 Å². The smallest absolute Gasteiger partial charge is 0.255 e. The molecular formula is C14H16FN3OS. The summed E-state index contributed by atoms with van der Waals surface area (Å²) in [4.78, 5) is 18.2. The number of nitrogens with zero attached hydrogens (tertiary/aromatic N) is 1. The highest BCUT2D eigenvalue weighted by atomic mass is 32.1. The first-order chi connectivity index (χ1) is 9.51. The highest BCUT2D eigenvalue weighted by Crippen LogP contribution is 2.20. The predicted octanol–water partition coefficient (Wildman–Crippen LogP) is 2.87. The summed E-state index contributed by atoms with van der Waals surface area (Å²) in [5.41, 5.74) is 1.42. The minimum Gasteiger partial charge on any atom is -0.372 e. The molecule has 4 nitrogen and oxygen atoms in total. The summed E-state index contributed by atoms with van der Waals surface area (Å²) in [5, 5.41) is 5.56. The summed E-state index contributed by atoms with van der Waals surface area (Å²) in [6.07, 6.45) is 1.08. The molecule has 0 fully saturated rings. The van der Waals surface area contributed by atoms with Crippen molar-refractivity contribution in [3.8, 4) is 0 Å². The van der Waals surface area contributed by atoms with Gasteiger partial charge in [0.15, 0.2) is 0 Å². The van der Waals surface area contributed by atoms with Gasteiger partial charge in [0, 0.05) is 16.8 Å². The molecule has 0 saturated heterocycles. The standard InChI is InChI=1S/C14H16FN3OS/c1-8-4-11(20-9(8)2)7-18-14(19)12-5-10(15)6-17-13(12)16-3/h4-6H,7H2,1-3H3,(H,16,17)(H,18,19). The minimum absolute atomic E-state index is 0.206. The number of anilines is 1. The van der Waals surface area contributed by atoms with Crippen molar-refractivity contribution >= 4 is 23.1 Å². The number of hydrogen-bond acceptors (Lipinski definition) is 4. The Bertz CT molecular complexity index is 620. The van der Waals surface area contributed by atoms with Crippen molar-refractivity contribution in [3.05, 3.63) is 45.0 Å². The molecule has 20 heavy (non-hydrogen) atoms. The minimum atomic E-state index is -0.531. The normalized spacial score (nSPS) is 10.4. The maximum absolute atomic E-state index is 13.2. The summed E-state index contributed by atoms with van der Waals surface area (Å²) in [5.74, 6) is -0.510. The van der Waals surface area contributed by atoms with Gasteiger partial charge in [0.2, 0.25) is 0 Å². The first-order valence-corrected chi connectivity index (χ1v) is 7.00. The maximum atomic E-state index is 13.2. The van der Waals surface area contributed by atoms with Crippen LogP contribution in [-0.4, -0.2) is 17.9 Å². The fourth-order valence-electron chi connectivity index (χ4n) is 1.81. The Morgan fingerprint density at radius 2 is 2.15 bits per heavy atom. The number of nitrogens with one attached hydrogen (secondary N) is 2. The van der Waals surface area contributed by atoms with E-state index in [9.17, 15) is 9.18 Å². The Morgan fingerprint density at radius 3 is 2.75 bits per heavy atom. The molecule has 2 rings (SSSR count). The number of pyridine rings is 1. The second kappa shape index (κ2) is 6.00. The Kier molecular flexibility index (Phi) is 4.34. The van der Waals surface area contributed by atoms with Crippen LogP contribution in [0.4, 0.5) is 10.2 Å². The van der Waals surface area contributed by atoms with E-state index in [1.807, 2.05) is 19.9 Å². The molecule has 2 aromatic heterocycles. The van der Waals surface area contributed by atoms with Crippen LogP contribution in [0.1, 0.15) is 25.7 Å². The van der Waals surface area contributed by atoms with Gasteiger partial charge >= 0.3 is 0 Å². The Hall–Kier alpha value is -1.95. The molecular weight excluding hydrogens is 277 g/mol. The third kappa shape index (κ3) is 3.14. The highest BCUT2D eigenvalue weighted by Gasteiger charge is 2.13. The highest BCUT2D eigenvalue weighted by molar-refractivity contribution is 7.12. The zero-order valence-corrected chi connectivity index (χ0v) is 12.4. The Labute approximate surface area is 121 Å². The molecule has 106 valence electrons. The third-order valence-electron chi connectivity index (χ3n) is 2.98. The van der Waals surface area contributed by atoms with Crippen molar-refractivity contribution in [2.45, 2.75) is 20.4 Å². The van der Waals surface area contributed by atoms with Crippen molar-refractivity contribution in [1.82, 2.24) is 10.3 Å². The van der Waals surface area contributed by atoms with Crippen LogP contribution in [0.25, 0.3) is 0 Å². The van der Waals surface area contributed by atoms with E-state index in [0.29, 0.717) is 12.4 Å². The number of aryl methyl sites for hydroxylation is 2. The van der Waals surface area contributed by atoms with Gasteiger partial charge in [-0.25, -0.2) is 9.37 Å². The Balaban J connectivity index is 2.10. The molecule has 0 atom stereocenters. The molecule has 2 N–H and O–H groups in total. The lowest BCUT2D eigenvalue weighted by molar-refractivity contribution is 0.0951. The fourth-order valence-corrected chi connectivity index (χ4v) is 2.80. The van der Waals surface area contributed by atoms with E-state index >= 15 is 0 Å². The molecule has 1 amide bonds. The molecule has 2 aromatic rings. The SMILES string of the molecule is CNc1ncc(F)cc1C(=O)NCc1cc(C)c(C)s1. The number of thiophene rings is 1. The van der Waals surface area contributed by atoms with Crippen LogP contribution in [0.5, 0.6) is 0 Å². The third-order valence-corrected chi connectivity index (χ3v) is 4.13. The quantitative estimate of drug-likeness (QED) is 0.911. The summed E-state index contributed by atoms with van der Waals surface area (Å²) in [6.45, 7) is 4.51. The first-order valence-electron chi connectivity index (χ1n) is 6.18. The maximum Gasteiger partial charge on any atom is 0.255 e. The lowest BCUT2D eigenvalue weighted by atomic mass is 10.2. The van der Waals surface area contributed by atoms with Gasteiger partial charge in [-0.3, -0.25) is 4.79 Å². The number of hydrogen-bond donors (Lipinski definition) is 2. The predicted molar refractivity (Wildman–Crippen MR) is 78.7 cm³/mol. The number of aromatic nitrogens is 1. The van der Waals surface area contributed by atoms with Gasteiger partial charge in [0.1, 0.15) is 11.6 Å². The lowest BCUT2D eigenvalue weighted by Crippen LogP contribution is -2.23. The van der Waals surface area contributed by atoms with Crippen molar-refractivity contribution in [1.29, 1.82) is 0 Å². The summed E-state index contributed by atoms with van der Waals surface area (Å²) in [7, 11) is 1.64. The molecule has 0 aromatic carbocycles. The summed E-state index contributed by atoms with van der Waals surface area (Å²) >= 11 is 1.64. The average Bonchev–Trinajstić information content (AvgIpc) is 2.75. The number of rotatable bonds is 4. The largest absolute Gasteiger partial charge is 0.372 e. The van der Waals surface area contributed by atoms with E-state index in [2.05, 4.69) is 15.6 Å². The van der Waals surface area contributed by atoms with E-state index in [0.717, 1.165) is 11.1 Å². The van der Waals surface area contributed by atoms with E-state index < -0.39 is 5.82 Å². The van der Waals surface area contributed by atoms with Crippen molar-refractivity contribution in [3.63, 3.8) is 0 Å². The molecule has 0 spiro atoms. The molecule has 0 aliphatic rings. The van der Waals surface area contributed by atoms with Gasteiger partial charge in [-0.2, -0.15) is 0 Å². The molecule has 0 aliphatic heterocycles. The van der Waals surface area contributed by atoms with Crippen LogP contribution in [0, 0.1) is 19.7 Å². The van der Waals surface area contributed by atoms with Gasteiger partial charge in [0.05, 0.1) is 18.3 Å². The van der Waals surface area contributed by atoms with Gasteiger partial charge in [-0.1, -0.05) is 0 Å². The van der Waals surface area contributed by atoms with Gasteiger partial charge in [-0.15, -0.1) is 11.3 Å². The van der Waals surface area contributed by atoms with E-state index in [1.165, 1.54) is 16.5 Å². The van der Waals surface area contributed by atoms with Crippen LogP contribution < -0.4 is 10.6 Å². The first kappa shape index (κ1) is 14.5. The number of carbonyl (C=O) groups excluding carboxylic acids is 1. The van der Waals surface area contributed by atoms with Crippen LogP contribution >= 0.6 is 11.3 Å². The number of halogens is 1. The van der Waals surface area contributed by atoms with Crippen molar-refractivity contribution < 1.29 is 9.18 Å². The van der Waals surface area contributed by atoms with Crippen molar-refractivity contribution in [2.24, 2.45) is 0 Å². The fraction of sp³-hybridized carbons (Fsp3) is 0.286. The zero-order chi connectivity index (χ0) is 14.7. The molecule has 0 aliphatic carbocycles. The molecule has 0 radical (unpaired) electrons.